The molecule has 7 nitrogen and oxygen atoms in total. The van der Waals surface area contributed by atoms with Crippen molar-refractivity contribution in [3.05, 3.63) is 59.4 Å². The van der Waals surface area contributed by atoms with Gasteiger partial charge in [-0.25, -0.2) is 15.0 Å². The third-order valence-corrected chi connectivity index (χ3v) is 4.04. The number of benzene rings is 1. The van der Waals surface area contributed by atoms with E-state index in [0.29, 0.717) is 5.82 Å². The average Bonchev–Trinajstić information content (AvgIpc) is 3.02. The van der Waals surface area contributed by atoms with Gasteiger partial charge in [-0.1, -0.05) is 23.7 Å². The van der Waals surface area contributed by atoms with Gasteiger partial charge in [0.25, 0.3) is 0 Å². The molecule has 8 heteroatoms. The lowest BCUT2D eigenvalue weighted by atomic mass is 10.1. The molecule has 1 aromatic carbocycles. The molecule has 0 aliphatic rings. The molecule has 0 aliphatic heterocycles. The summed E-state index contributed by atoms with van der Waals surface area (Å²) in [5, 5.41) is 3.58. The number of aryl methyl sites for hydroxylation is 1. The summed E-state index contributed by atoms with van der Waals surface area (Å²) in [6, 6.07) is 7.45. The van der Waals surface area contributed by atoms with E-state index >= 15 is 0 Å². The van der Waals surface area contributed by atoms with Gasteiger partial charge in [0, 0.05) is 19.4 Å². The SMILES string of the molecule is COc1ccc([C@H](Nc2ncnc(N)c2Cl)c2nccn2C)cc1. The number of hydrogen-bond acceptors (Lipinski definition) is 6. The fourth-order valence-corrected chi connectivity index (χ4v) is 2.52. The molecule has 0 aliphatic carbocycles. The summed E-state index contributed by atoms with van der Waals surface area (Å²) in [5.74, 6) is 2.27. The molecule has 0 bridgehead atoms. The van der Waals surface area contributed by atoms with E-state index in [1.807, 2.05) is 42.1 Å². The van der Waals surface area contributed by atoms with Crippen LogP contribution < -0.4 is 15.8 Å². The third-order valence-electron chi connectivity index (χ3n) is 3.66. The van der Waals surface area contributed by atoms with E-state index in [9.17, 15) is 0 Å². The molecule has 0 radical (unpaired) electrons. The van der Waals surface area contributed by atoms with E-state index in [0.717, 1.165) is 17.1 Å². The Morgan fingerprint density at radius 3 is 2.58 bits per heavy atom. The quantitative estimate of drug-likeness (QED) is 0.739. The number of nitrogen functional groups attached to an aromatic ring is 1. The van der Waals surface area contributed by atoms with Crippen molar-refractivity contribution in [2.24, 2.45) is 7.05 Å². The third kappa shape index (κ3) is 3.11. The molecule has 24 heavy (non-hydrogen) atoms. The van der Waals surface area contributed by atoms with Crippen molar-refractivity contribution in [2.45, 2.75) is 6.04 Å². The summed E-state index contributed by atoms with van der Waals surface area (Å²) in [6.45, 7) is 0. The van der Waals surface area contributed by atoms with Gasteiger partial charge in [0.15, 0.2) is 5.82 Å². The summed E-state index contributed by atoms with van der Waals surface area (Å²) in [7, 11) is 3.56. The molecule has 0 spiro atoms. The smallest absolute Gasteiger partial charge is 0.151 e. The number of aromatic nitrogens is 4. The van der Waals surface area contributed by atoms with Crippen molar-refractivity contribution < 1.29 is 4.74 Å². The molecule has 0 saturated heterocycles. The van der Waals surface area contributed by atoms with Crippen LogP contribution in [0.25, 0.3) is 0 Å². The largest absolute Gasteiger partial charge is 0.497 e. The van der Waals surface area contributed by atoms with Crippen LogP contribution in [0.3, 0.4) is 0 Å². The Bertz CT molecular complexity index is 833. The maximum absolute atomic E-state index is 6.21. The number of hydrogen-bond donors (Lipinski definition) is 2. The van der Waals surface area contributed by atoms with Crippen molar-refractivity contribution in [1.82, 2.24) is 19.5 Å². The van der Waals surface area contributed by atoms with Crippen molar-refractivity contribution in [2.75, 3.05) is 18.2 Å². The van der Waals surface area contributed by atoms with Gasteiger partial charge in [-0.15, -0.1) is 0 Å². The van der Waals surface area contributed by atoms with Crippen LogP contribution in [0.2, 0.25) is 5.02 Å². The lowest BCUT2D eigenvalue weighted by molar-refractivity contribution is 0.414. The molecule has 3 N–H and O–H groups in total. The summed E-state index contributed by atoms with van der Waals surface area (Å²) < 4.78 is 7.15. The van der Waals surface area contributed by atoms with E-state index in [4.69, 9.17) is 22.1 Å². The molecule has 3 aromatic rings. The number of imidazole rings is 1. The number of nitrogens with two attached hydrogens (primary N) is 1. The first kappa shape index (κ1) is 16.1. The Kier molecular flexibility index (Phi) is 4.52. The summed E-state index contributed by atoms with van der Waals surface area (Å²) in [6.07, 6.45) is 4.99. The first-order valence-electron chi connectivity index (χ1n) is 7.24. The lowest BCUT2D eigenvalue weighted by Crippen LogP contribution is -2.18. The monoisotopic (exact) mass is 344 g/mol. The first-order chi connectivity index (χ1) is 11.6. The van der Waals surface area contributed by atoms with Crippen LogP contribution in [-0.2, 0) is 7.05 Å². The van der Waals surface area contributed by atoms with Gasteiger partial charge in [-0.2, -0.15) is 0 Å². The van der Waals surface area contributed by atoms with Gasteiger partial charge < -0.3 is 20.4 Å². The number of halogens is 1. The zero-order chi connectivity index (χ0) is 17.1. The number of methoxy groups -OCH3 is 1. The highest BCUT2D eigenvalue weighted by atomic mass is 35.5. The molecule has 3 rings (SSSR count). The van der Waals surface area contributed by atoms with Crippen LogP contribution in [0, 0.1) is 0 Å². The molecule has 0 unspecified atom stereocenters. The highest BCUT2D eigenvalue weighted by molar-refractivity contribution is 6.35. The number of rotatable bonds is 5. The van der Waals surface area contributed by atoms with Gasteiger partial charge >= 0.3 is 0 Å². The molecule has 0 amide bonds. The van der Waals surface area contributed by atoms with Crippen molar-refractivity contribution in [3.8, 4) is 5.75 Å². The van der Waals surface area contributed by atoms with Crippen molar-refractivity contribution in [3.63, 3.8) is 0 Å². The number of nitrogens with one attached hydrogen (secondary N) is 1. The van der Waals surface area contributed by atoms with E-state index in [1.54, 1.807) is 13.3 Å². The Hall–Kier alpha value is -2.80. The van der Waals surface area contributed by atoms with Crippen molar-refractivity contribution in [1.29, 1.82) is 0 Å². The van der Waals surface area contributed by atoms with Crippen molar-refractivity contribution >= 4 is 23.2 Å². The fourth-order valence-electron chi connectivity index (χ4n) is 2.37. The Morgan fingerprint density at radius 1 is 1.21 bits per heavy atom. The summed E-state index contributed by atoms with van der Waals surface area (Å²) in [4.78, 5) is 12.5. The van der Waals surface area contributed by atoms with E-state index in [-0.39, 0.29) is 16.9 Å². The van der Waals surface area contributed by atoms with E-state index in [2.05, 4.69) is 20.3 Å². The van der Waals surface area contributed by atoms with Gasteiger partial charge in [0.2, 0.25) is 0 Å². The molecule has 2 aromatic heterocycles. The molecular weight excluding hydrogens is 328 g/mol. The average molecular weight is 345 g/mol. The van der Waals surface area contributed by atoms with Crippen LogP contribution in [-0.4, -0.2) is 26.6 Å². The van der Waals surface area contributed by atoms with Crippen LogP contribution in [0.1, 0.15) is 17.4 Å². The first-order valence-corrected chi connectivity index (χ1v) is 7.61. The maximum atomic E-state index is 6.21. The second-order valence-electron chi connectivity index (χ2n) is 5.17. The standard InChI is InChI=1S/C16H17ClN6O/c1-23-8-7-19-16(23)13(10-3-5-11(24-2)6-4-10)22-15-12(17)14(18)20-9-21-15/h3-9,13H,1-2H3,(H3,18,20,21,22)/t13-/m0/s1. The molecule has 1 atom stereocenters. The summed E-state index contributed by atoms with van der Waals surface area (Å²) in [5.41, 5.74) is 6.75. The van der Waals surface area contributed by atoms with Gasteiger partial charge in [-0.05, 0) is 17.7 Å². The Balaban J connectivity index is 2.02. The molecule has 0 saturated carbocycles. The highest BCUT2D eigenvalue weighted by Gasteiger charge is 2.21. The lowest BCUT2D eigenvalue weighted by Gasteiger charge is -2.20. The van der Waals surface area contributed by atoms with E-state index in [1.165, 1.54) is 6.33 Å². The Morgan fingerprint density at radius 2 is 1.96 bits per heavy atom. The topological polar surface area (TPSA) is 90.9 Å². The molecule has 2 heterocycles. The summed E-state index contributed by atoms with van der Waals surface area (Å²) >= 11 is 6.21. The van der Waals surface area contributed by atoms with Crippen LogP contribution in [0.15, 0.2) is 43.0 Å². The zero-order valence-electron chi connectivity index (χ0n) is 13.3. The van der Waals surface area contributed by atoms with Crippen LogP contribution in [0.5, 0.6) is 5.75 Å². The molecular formula is C16H17ClN6O. The normalized spacial score (nSPS) is 12.0. The van der Waals surface area contributed by atoms with Crippen LogP contribution in [0.4, 0.5) is 11.6 Å². The minimum atomic E-state index is -0.261. The van der Waals surface area contributed by atoms with Gasteiger partial charge in [-0.3, -0.25) is 0 Å². The number of nitrogens with zero attached hydrogens (tertiary/aromatic N) is 4. The Labute approximate surface area is 144 Å². The van der Waals surface area contributed by atoms with Crippen LogP contribution >= 0.6 is 11.6 Å². The second kappa shape index (κ2) is 6.76. The predicted molar refractivity (Wildman–Crippen MR) is 93.1 cm³/mol. The number of ether oxygens (including phenoxy) is 1. The van der Waals surface area contributed by atoms with E-state index < -0.39 is 0 Å². The highest BCUT2D eigenvalue weighted by Crippen LogP contribution is 2.30. The predicted octanol–water partition coefficient (Wildman–Crippen LogP) is 2.66. The second-order valence-corrected chi connectivity index (χ2v) is 5.55. The number of anilines is 2. The maximum Gasteiger partial charge on any atom is 0.151 e. The zero-order valence-corrected chi connectivity index (χ0v) is 14.0. The minimum Gasteiger partial charge on any atom is -0.497 e. The van der Waals surface area contributed by atoms with Gasteiger partial charge in [0.05, 0.1) is 7.11 Å². The minimum absolute atomic E-state index is 0.225. The molecule has 124 valence electrons. The fraction of sp³-hybridized carbons (Fsp3) is 0.188. The van der Waals surface area contributed by atoms with Gasteiger partial charge in [0.1, 0.15) is 34.8 Å². The molecule has 0 fully saturated rings.